The van der Waals surface area contributed by atoms with Crippen LogP contribution in [0.1, 0.15) is 36.1 Å². The van der Waals surface area contributed by atoms with Gasteiger partial charge < -0.3 is 4.74 Å². The Balaban J connectivity index is 1.77. The maximum absolute atomic E-state index is 12.2. The molecule has 1 heterocycles. The molecule has 0 saturated heterocycles. The summed E-state index contributed by atoms with van der Waals surface area (Å²) in [7, 11) is 1.66. The molecule has 122 valence electrons. The van der Waals surface area contributed by atoms with Crippen molar-refractivity contribution in [1.29, 1.82) is 0 Å². The van der Waals surface area contributed by atoms with Gasteiger partial charge in [0.1, 0.15) is 5.75 Å². The van der Waals surface area contributed by atoms with Crippen molar-refractivity contribution in [2.75, 3.05) is 7.11 Å². The molecular weight excluding hydrogens is 300 g/mol. The number of methoxy groups -OCH3 is 1. The fraction of sp³-hybridized carbons (Fsp3) is 0.300. The van der Waals surface area contributed by atoms with E-state index in [1.807, 2.05) is 30.3 Å². The van der Waals surface area contributed by atoms with E-state index in [-0.39, 0.29) is 17.9 Å². The number of ether oxygens (including phenoxy) is 1. The lowest BCUT2D eigenvalue weighted by molar-refractivity contribution is -0.131. The van der Waals surface area contributed by atoms with E-state index in [9.17, 15) is 4.79 Å². The van der Waals surface area contributed by atoms with Gasteiger partial charge in [-0.05, 0) is 36.1 Å². The minimum Gasteiger partial charge on any atom is -0.497 e. The van der Waals surface area contributed by atoms with E-state index < -0.39 is 0 Å². The average molecular weight is 320 g/mol. The van der Waals surface area contributed by atoms with Crippen molar-refractivity contribution < 1.29 is 9.53 Å². The Labute approximate surface area is 141 Å². The fourth-order valence-corrected chi connectivity index (χ4v) is 3.86. The fourth-order valence-electron chi connectivity index (χ4n) is 3.86. The van der Waals surface area contributed by atoms with Gasteiger partial charge in [0.25, 0.3) is 0 Å². The highest BCUT2D eigenvalue weighted by Crippen LogP contribution is 2.43. The van der Waals surface area contributed by atoms with Gasteiger partial charge in [0.2, 0.25) is 5.91 Å². The van der Waals surface area contributed by atoms with E-state index in [0.29, 0.717) is 0 Å². The maximum Gasteiger partial charge on any atom is 0.240 e. The van der Waals surface area contributed by atoms with Gasteiger partial charge in [0.05, 0.1) is 18.9 Å². The Morgan fingerprint density at radius 1 is 1.17 bits per heavy atom. The van der Waals surface area contributed by atoms with Crippen LogP contribution in [0.5, 0.6) is 5.75 Å². The second-order valence-electron chi connectivity index (χ2n) is 6.37. The summed E-state index contributed by atoms with van der Waals surface area (Å²) in [6, 6.07) is 16.3. The van der Waals surface area contributed by atoms with Crippen LogP contribution in [0, 0.1) is 5.92 Å². The Hall–Kier alpha value is -2.62. The van der Waals surface area contributed by atoms with Crippen LogP contribution >= 0.6 is 0 Å². The van der Waals surface area contributed by atoms with Gasteiger partial charge in [-0.25, -0.2) is 5.01 Å². The monoisotopic (exact) mass is 320 g/mol. The number of hydrazone groups is 1. The molecule has 0 fully saturated rings. The van der Waals surface area contributed by atoms with Crippen LogP contribution in [-0.2, 0) is 11.2 Å². The molecule has 0 bridgehead atoms. The van der Waals surface area contributed by atoms with Crippen molar-refractivity contribution in [3.8, 4) is 5.75 Å². The van der Waals surface area contributed by atoms with Crippen LogP contribution in [0.25, 0.3) is 0 Å². The summed E-state index contributed by atoms with van der Waals surface area (Å²) in [4.78, 5) is 12.2. The highest BCUT2D eigenvalue weighted by Gasteiger charge is 2.42. The number of fused-ring (bicyclic) bond motifs is 3. The van der Waals surface area contributed by atoms with Crippen molar-refractivity contribution in [2.45, 2.75) is 25.8 Å². The Morgan fingerprint density at radius 3 is 2.62 bits per heavy atom. The number of carbonyl (C=O) groups excluding carboxylic acids is 1. The zero-order chi connectivity index (χ0) is 16.7. The zero-order valence-corrected chi connectivity index (χ0v) is 13.9. The SMILES string of the molecule is COc1ccc([C@@H]2[C@@H]3CCc4ccccc4C3=NN2C(C)=O)cc1. The molecule has 1 amide bonds. The summed E-state index contributed by atoms with van der Waals surface area (Å²) in [5.74, 6) is 1.05. The smallest absolute Gasteiger partial charge is 0.240 e. The van der Waals surface area contributed by atoms with Crippen molar-refractivity contribution >= 4 is 11.6 Å². The summed E-state index contributed by atoms with van der Waals surface area (Å²) in [6.07, 6.45) is 2.04. The van der Waals surface area contributed by atoms with Crippen LogP contribution in [0.4, 0.5) is 0 Å². The minimum absolute atomic E-state index is 0.0183. The first-order chi connectivity index (χ1) is 11.7. The first kappa shape index (κ1) is 14.9. The molecule has 2 aromatic rings. The van der Waals surface area contributed by atoms with Crippen LogP contribution < -0.4 is 4.74 Å². The molecule has 2 aliphatic rings. The van der Waals surface area contributed by atoms with E-state index in [2.05, 4.69) is 18.2 Å². The molecule has 0 radical (unpaired) electrons. The number of aryl methyl sites for hydroxylation is 1. The first-order valence-corrected chi connectivity index (χ1v) is 8.29. The Morgan fingerprint density at radius 2 is 1.92 bits per heavy atom. The van der Waals surface area contributed by atoms with Crippen molar-refractivity contribution in [3.05, 3.63) is 65.2 Å². The Kier molecular flexibility index (Phi) is 3.60. The number of rotatable bonds is 2. The number of amides is 1. The summed E-state index contributed by atoms with van der Waals surface area (Å²) in [6.45, 7) is 1.59. The molecule has 1 aliphatic heterocycles. The molecule has 1 aliphatic carbocycles. The normalized spacial score (nSPS) is 21.8. The Bertz CT molecular complexity index is 811. The van der Waals surface area contributed by atoms with Crippen LogP contribution in [0.15, 0.2) is 53.6 Å². The van der Waals surface area contributed by atoms with Gasteiger partial charge >= 0.3 is 0 Å². The third-order valence-corrected chi connectivity index (χ3v) is 5.01. The second-order valence-corrected chi connectivity index (χ2v) is 6.37. The standard InChI is InChI=1S/C20H20N2O2/c1-13(23)22-20(15-7-10-16(24-2)11-8-15)18-12-9-14-5-3-4-6-17(14)19(18)21-22/h3-8,10-11,18,20H,9,12H2,1-2H3/t18-,20-/m1/s1. The topological polar surface area (TPSA) is 41.9 Å². The predicted octanol–water partition coefficient (Wildman–Crippen LogP) is 3.57. The summed E-state index contributed by atoms with van der Waals surface area (Å²) in [5, 5.41) is 6.38. The first-order valence-electron chi connectivity index (χ1n) is 8.29. The third-order valence-electron chi connectivity index (χ3n) is 5.01. The number of nitrogens with zero attached hydrogens (tertiary/aromatic N) is 2. The zero-order valence-electron chi connectivity index (χ0n) is 13.9. The highest BCUT2D eigenvalue weighted by atomic mass is 16.5. The molecule has 24 heavy (non-hydrogen) atoms. The largest absolute Gasteiger partial charge is 0.497 e. The van der Waals surface area contributed by atoms with Crippen LogP contribution in [0.3, 0.4) is 0 Å². The average Bonchev–Trinajstić information content (AvgIpc) is 3.02. The lowest BCUT2D eigenvalue weighted by atomic mass is 9.77. The number of carbonyl (C=O) groups is 1. The van der Waals surface area contributed by atoms with E-state index in [4.69, 9.17) is 9.84 Å². The van der Waals surface area contributed by atoms with Gasteiger partial charge in [-0.2, -0.15) is 5.10 Å². The molecule has 0 unspecified atom stereocenters. The predicted molar refractivity (Wildman–Crippen MR) is 93.0 cm³/mol. The molecule has 4 rings (SSSR count). The molecule has 4 nitrogen and oxygen atoms in total. The van der Waals surface area contributed by atoms with E-state index >= 15 is 0 Å². The van der Waals surface area contributed by atoms with E-state index in [0.717, 1.165) is 29.9 Å². The van der Waals surface area contributed by atoms with Gasteiger partial charge in [0, 0.05) is 18.4 Å². The van der Waals surface area contributed by atoms with Crippen LogP contribution in [0.2, 0.25) is 0 Å². The second kappa shape index (κ2) is 5.78. The van der Waals surface area contributed by atoms with Gasteiger partial charge in [-0.3, -0.25) is 4.79 Å². The third kappa shape index (κ3) is 2.30. The van der Waals surface area contributed by atoms with E-state index in [1.54, 1.807) is 19.0 Å². The minimum atomic E-state index is -0.0308. The summed E-state index contributed by atoms with van der Waals surface area (Å²) < 4.78 is 5.25. The lowest BCUT2D eigenvalue weighted by Crippen LogP contribution is -2.30. The number of benzene rings is 2. The van der Waals surface area contributed by atoms with Crippen molar-refractivity contribution in [2.24, 2.45) is 11.0 Å². The van der Waals surface area contributed by atoms with Crippen molar-refractivity contribution in [1.82, 2.24) is 5.01 Å². The molecule has 0 saturated carbocycles. The van der Waals surface area contributed by atoms with Crippen LogP contribution in [-0.4, -0.2) is 23.7 Å². The highest BCUT2D eigenvalue weighted by molar-refractivity contribution is 6.06. The number of hydrogen-bond acceptors (Lipinski definition) is 3. The number of hydrogen-bond donors (Lipinski definition) is 0. The molecule has 0 spiro atoms. The quantitative estimate of drug-likeness (QED) is 0.849. The summed E-state index contributed by atoms with van der Waals surface area (Å²) in [5.41, 5.74) is 4.67. The molecule has 4 heteroatoms. The molecule has 0 aromatic heterocycles. The molecular formula is C20H20N2O2. The molecule has 2 aromatic carbocycles. The van der Waals surface area contributed by atoms with Crippen molar-refractivity contribution in [3.63, 3.8) is 0 Å². The van der Waals surface area contributed by atoms with Gasteiger partial charge in [-0.15, -0.1) is 0 Å². The van der Waals surface area contributed by atoms with E-state index in [1.165, 1.54) is 11.1 Å². The maximum atomic E-state index is 12.2. The van der Waals surface area contributed by atoms with Gasteiger partial charge in [0.15, 0.2) is 0 Å². The summed E-state index contributed by atoms with van der Waals surface area (Å²) >= 11 is 0. The lowest BCUT2D eigenvalue weighted by Gasteiger charge is -2.29. The van der Waals surface area contributed by atoms with Gasteiger partial charge in [-0.1, -0.05) is 36.4 Å². The molecule has 2 atom stereocenters. The molecule has 0 N–H and O–H groups in total.